The van der Waals surface area contributed by atoms with E-state index in [9.17, 15) is 4.79 Å². The molecule has 0 spiro atoms. The van der Waals surface area contributed by atoms with Gasteiger partial charge in [0, 0.05) is 32.8 Å². The van der Waals surface area contributed by atoms with Crippen LogP contribution in [0.25, 0.3) is 0 Å². The third-order valence-electron chi connectivity index (χ3n) is 5.25. The maximum atomic E-state index is 12.9. The molecule has 27 heavy (non-hydrogen) atoms. The summed E-state index contributed by atoms with van der Waals surface area (Å²) in [7, 11) is 0. The summed E-state index contributed by atoms with van der Waals surface area (Å²) in [6, 6.07) is 7.75. The van der Waals surface area contributed by atoms with Crippen molar-refractivity contribution in [3.05, 3.63) is 29.8 Å². The molecule has 2 N–H and O–H groups in total. The molecule has 1 aromatic carbocycles. The van der Waals surface area contributed by atoms with Gasteiger partial charge in [0.25, 0.3) is 0 Å². The molecule has 0 bridgehead atoms. The van der Waals surface area contributed by atoms with E-state index in [1.807, 2.05) is 29.2 Å². The van der Waals surface area contributed by atoms with Crippen molar-refractivity contribution in [2.45, 2.75) is 38.2 Å². The largest absolute Gasteiger partial charge is 0.492 e. The Morgan fingerprint density at radius 3 is 2.85 bits per heavy atom. The Hall–Kier alpha value is -1.63. The summed E-state index contributed by atoms with van der Waals surface area (Å²) in [4.78, 5) is 17.3. The number of likely N-dealkylation sites (tertiary alicyclic amines) is 1. The molecule has 1 atom stereocenters. The molecule has 2 aliphatic rings. The van der Waals surface area contributed by atoms with E-state index in [1.54, 1.807) is 0 Å². The van der Waals surface area contributed by atoms with E-state index >= 15 is 0 Å². The van der Waals surface area contributed by atoms with Gasteiger partial charge in [-0.25, -0.2) is 0 Å². The molecule has 2 fully saturated rings. The van der Waals surface area contributed by atoms with E-state index in [2.05, 4.69) is 4.90 Å². The summed E-state index contributed by atoms with van der Waals surface area (Å²) in [6.45, 7) is 6.43. The van der Waals surface area contributed by atoms with Gasteiger partial charge in [-0.2, -0.15) is 0 Å². The lowest BCUT2D eigenvalue weighted by atomic mass is 10.1. The normalized spacial score (nSPS) is 21.7. The lowest BCUT2D eigenvalue weighted by Gasteiger charge is -2.31. The zero-order chi connectivity index (χ0) is 18.9. The number of nitrogens with zero attached hydrogens (tertiary/aromatic N) is 2. The summed E-state index contributed by atoms with van der Waals surface area (Å²) in [5.41, 5.74) is 6.47. The molecule has 1 aromatic rings. The number of benzene rings is 1. The zero-order valence-corrected chi connectivity index (χ0v) is 16.3. The monoisotopic (exact) mass is 375 g/mol. The first kappa shape index (κ1) is 20.1. The smallest absolute Gasteiger partial charge is 0.227 e. The van der Waals surface area contributed by atoms with Gasteiger partial charge in [0.15, 0.2) is 0 Å². The molecule has 2 heterocycles. The Morgan fingerprint density at radius 2 is 2.04 bits per heavy atom. The highest BCUT2D eigenvalue weighted by Crippen LogP contribution is 2.16. The van der Waals surface area contributed by atoms with Gasteiger partial charge in [0.05, 0.1) is 12.5 Å². The average molecular weight is 376 g/mol. The van der Waals surface area contributed by atoms with Crippen molar-refractivity contribution in [3.8, 4) is 5.75 Å². The molecule has 6 nitrogen and oxygen atoms in total. The van der Waals surface area contributed by atoms with Crippen molar-refractivity contribution in [2.24, 2.45) is 5.73 Å². The van der Waals surface area contributed by atoms with Crippen LogP contribution in [0.15, 0.2) is 24.3 Å². The summed E-state index contributed by atoms with van der Waals surface area (Å²) >= 11 is 0. The van der Waals surface area contributed by atoms with Gasteiger partial charge < -0.3 is 25.0 Å². The van der Waals surface area contributed by atoms with Crippen LogP contribution in [0.5, 0.6) is 5.75 Å². The quantitative estimate of drug-likeness (QED) is 0.785. The highest BCUT2D eigenvalue weighted by atomic mass is 16.5. The fourth-order valence-corrected chi connectivity index (χ4v) is 3.87. The molecular formula is C21H33N3O3. The molecule has 2 saturated heterocycles. The minimum absolute atomic E-state index is 0.119. The SMILES string of the molecule is NCCOc1cccc(CC(=O)N2CCCOC(CN3CCCCC3)C2)c1. The molecular weight excluding hydrogens is 342 g/mol. The third-order valence-corrected chi connectivity index (χ3v) is 5.25. The van der Waals surface area contributed by atoms with Gasteiger partial charge in [0.2, 0.25) is 5.91 Å². The maximum absolute atomic E-state index is 12.9. The number of rotatable bonds is 7. The van der Waals surface area contributed by atoms with E-state index in [1.165, 1.54) is 19.3 Å². The summed E-state index contributed by atoms with van der Waals surface area (Å²) in [5, 5.41) is 0. The number of carbonyl (C=O) groups is 1. The van der Waals surface area contributed by atoms with Gasteiger partial charge in [-0.15, -0.1) is 0 Å². The minimum Gasteiger partial charge on any atom is -0.492 e. The van der Waals surface area contributed by atoms with Crippen molar-refractivity contribution in [1.82, 2.24) is 9.80 Å². The molecule has 1 amide bonds. The molecule has 1 unspecified atom stereocenters. The first-order valence-corrected chi connectivity index (χ1v) is 10.3. The maximum Gasteiger partial charge on any atom is 0.227 e. The van der Waals surface area contributed by atoms with Crippen LogP contribution in [0.4, 0.5) is 0 Å². The van der Waals surface area contributed by atoms with Gasteiger partial charge in [0.1, 0.15) is 12.4 Å². The van der Waals surface area contributed by atoms with Crippen LogP contribution >= 0.6 is 0 Å². The van der Waals surface area contributed by atoms with Crippen molar-refractivity contribution in [1.29, 1.82) is 0 Å². The van der Waals surface area contributed by atoms with Crippen LogP contribution in [0.3, 0.4) is 0 Å². The molecule has 2 aliphatic heterocycles. The number of piperidine rings is 1. The average Bonchev–Trinajstić information content (AvgIpc) is 2.93. The number of hydrogen-bond acceptors (Lipinski definition) is 5. The second kappa shape index (κ2) is 10.6. The summed E-state index contributed by atoms with van der Waals surface area (Å²) in [5.74, 6) is 0.938. The van der Waals surface area contributed by atoms with Gasteiger partial charge in [-0.05, 0) is 50.0 Å². The van der Waals surface area contributed by atoms with Crippen molar-refractivity contribution < 1.29 is 14.3 Å². The highest BCUT2D eigenvalue weighted by molar-refractivity contribution is 5.79. The molecule has 6 heteroatoms. The Morgan fingerprint density at radius 1 is 1.19 bits per heavy atom. The van der Waals surface area contributed by atoms with Gasteiger partial charge >= 0.3 is 0 Å². The Bertz CT molecular complexity index is 590. The van der Waals surface area contributed by atoms with Crippen LogP contribution in [-0.4, -0.2) is 74.3 Å². The number of carbonyl (C=O) groups excluding carboxylic acids is 1. The molecule has 3 rings (SSSR count). The number of amides is 1. The Balaban J connectivity index is 1.54. The van der Waals surface area contributed by atoms with E-state index in [0.717, 1.165) is 50.5 Å². The fraction of sp³-hybridized carbons (Fsp3) is 0.667. The molecule has 0 aliphatic carbocycles. The van der Waals surface area contributed by atoms with Crippen LogP contribution in [0.1, 0.15) is 31.2 Å². The topological polar surface area (TPSA) is 68.0 Å². The summed E-state index contributed by atoms with van der Waals surface area (Å²) in [6.07, 6.45) is 5.31. The molecule has 0 aromatic heterocycles. The molecule has 0 saturated carbocycles. The van der Waals surface area contributed by atoms with E-state index < -0.39 is 0 Å². The molecule has 150 valence electrons. The number of nitrogens with two attached hydrogens (primary N) is 1. The first-order chi connectivity index (χ1) is 13.2. The minimum atomic E-state index is 0.119. The fourth-order valence-electron chi connectivity index (χ4n) is 3.87. The second-order valence-electron chi connectivity index (χ2n) is 7.51. The van der Waals surface area contributed by atoms with Crippen molar-refractivity contribution >= 4 is 5.91 Å². The van der Waals surface area contributed by atoms with Crippen LogP contribution in [0.2, 0.25) is 0 Å². The third kappa shape index (κ3) is 6.48. The van der Waals surface area contributed by atoms with Crippen LogP contribution in [-0.2, 0) is 16.0 Å². The van der Waals surface area contributed by atoms with Crippen LogP contribution in [0, 0.1) is 0 Å². The van der Waals surface area contributed by atoms with Gasteiger partial charge in [-0.1, -0.05) is 18.6 Å². The number of hydrogen-bond donors (Lipinski definition) is 1. The number of ether oxygens (including phenoxy) is 2. The highest BCUT2D eigenvalue weighted by Gasteiger charge is 2.25. The van der Waals surface area contributed by atoms with Crippen molar-refractivity contribution in [3.63, 3.8) is 0 Å². The van der Waals surface area contributed by atoms with Gasteiger partial charge in [-0.3, -0.25) is 4.79 Å². The van der Waals surface area contributed by atoms with Crippen LogP contribution < -0.4 is 10.5 Å². The van der Waals surface area contributed by atoms with Crippen molar-refractivity contribution in [2.75, 3.05) is 52.5 Å². The predicted octanol–water partition coefficient (Wildman–Crippen LogP) is 1.67. The summed E-state index contributed by atoms with van der Waals surface area (Å²) < 4.78 is 11.6. The molecule has 0 radical (unpaired) electrons. The Kier molecular flexibility index (Phi) is 7.93. The Labute approximate surface area is 162 Å². The first-order valence-electron chi connectivity index (χ1n) is 10.3. The lowest BCUT2D eigenvalue weighted by molar-refractivity contribution is -0.131. The van der Waals surface area contributed by atoms with E-state index in [0.29, 0.717) is 26.1 Å². The lowest BCUT2D eigenvalue weighted by Crippen LogP contribution is -2.44. The standard InChI is InChI=1S/C21H33N3O3/c22-8-13-27-19-7-4-6-18(14-19)15-21(25)24-11-5-12-26-20(17-24)16-23-9-2-1-3-10-23/h4,6-7,14,20H,1-3,5,8-13,15-17,22H2. The predicted molar refractivity (Wildman–Crippen MR) is 106 cm³/mol. The second-order valence-corrected chi connectivity index (χ2v) is 7.51. The van der Waals surface area contributed by atoms with E-state index in [-0.39, 0.29) is 12.0 Å². The zero-order valence-electron chi connectivity index (χ0n) is 16.3. The van der Waals surface area contributed by atoms with E-state index in [4.69, 9.17) is 15.2 Å².